The first kappa shape index (κ1) is 19.2. The van der Waals surface area contributed by atoms with Gasteiger partial charge < -0.3 is 14.8 Å². The lowest BCUT2D eigenvalue weighted by Gasteiger charge is -2.11. The van der Waals surface area contributed by atoms with E-state index in [4.69, 9.17) is 16.3 Å². The SMILES string of the molecule is COC(=O)CC(C)NC(=O)Cc1csc(COc2ccc(Cl)cc2)n1. The second-order valence-electron chi connectivity index (χ2n) is 5.40. The summed E-state index contributed by atoms with van der Waals surface area (Å²) in [5.74, 6) is 0.158. The summed E-state index contributed by atoms with van der Waals surface area (Å²) in [7, 11) is 1.32. The lowest BCUT2D eigenvalue weighted by molar-refractivity contribution is -0.141. The third kappa shape index (κ3) is 6.72. The second-order valence-corrected chi connectivity index (χ2v) is 6.78. The van der Waals surface area contributed by atoms with Gasteiger partial charge in [0.15, 0.2) is 0 Å². The molecule has 1 heterocycles. The zero-order valence-electron chi connectivity index (χ0n) is 14.0. The van der Waals surface area contributed by atoms with Crippen LogP contribution in [0.2, 0.25) is 5.02 Å². The topological polar surface area (TPSA) is 77.5 Å². The number of esters is 1. The van der Waals surface area contributed by atoms with Crippen LogP contribution in [0, 0.1) is 0 Å². The Labute approximate surface area is 155 Å². The predicted octanol–water partition coefficient (Wildman–Crippen LogP) is 2.99. The van der Waals surface area contributed by atoms with Gasteiger partial charge in [-0.3, -0.25) is 9.59 Å². The fourth-order valence-electron chi connectivity index (χ4n) is 2.05. The van der Waals surface area contributed by atoms with Gasteiger partial charge in [-0.15, -0.1) is 11.3 Å². The van der Waals surface area contributed by atoms with Gasteiger partial charge in [-0.1, -0.05) is 11.6 Å². The summed E-state index contributed by atoms with van der Waals surface area (Å²) in [4.78, 5) is 27.5. The van der Waals surface area contributed by atoms with Crippen LogP contribution >= 0.6 is 22.9 Å². The molecular formula is C17H19ClN2O4S. The molecule has 1 N–H and O–H groups in total. The molecule has 1 unspecified atom stereocenters. The normalized spacial score (nSPS) is 11.6. The van der Waals surface area contributed by atoms with Gasteiger partial charge >= 0.3 is 5.97 Å². The van der Waals surface area contributed by atoms with E-state index in [-0.39, 0.29) is 30.8 Å². The number of methoxy groups -OCH3 is 1. The van der Waals surface area contributed by atoms with Crippen molar-refractivity contribution < 1.29 is 19.1 Å². The number of carbonyl (C=O) groups is 2. The highest BCUT2D eigenvalue weighted by atomic mass is 35.5. The minimum atomic E-state index is -0.358. The van der Waals surface area contributed by atoms with Gasteiger partial charge in [0, 0.05) is 16.4 Å². The van der Waals surface area contributed by atoms with Gasteiger partial charge in [0.05, 0.1) is 25.6 Å². The summed E-state index contributed by atoms with van der Waals surface area (Å²) >= 11 is 7.25. The van der Waals surface area contributed by atoms with Crippen LogP contribution in [0.25, 0.3) is 0 Å². The molecule has 1 amide bonds. The number of halogens is 1. The summed E-state index contributed by atoms with van der Waals surface area (Å²) in [5.41, 5.74) is 0.669. The highest BCUT2D eigenvalue weighted by Gasteiger charge is 2.14. The van der Waals surface area contributed by atoms with Gasteiger partial charge in [0.25, 0.3) is 0 Å². The highest BCUT2D eigenvalue weighted by molar-refractivity contribution is 7.09. The predicted molar refractivity (Wildman–Crippen MR) is 95.8 cm³/mol. The molecule has 2 aromatic rings. The lowest BCUT2D eigenvalue weighted by Crippen LogP contribution is -2.35. The molecule has 1 aromatic heterocycles. The van der Waals surface area contributed by atoms with E-state index in [1.165, 1.54) is 18.4 Å². The Morgan fingerprint density at radius 3 is 2.72 bits per heavy atom. The zero-order chi connectivity index (χ0) is 18.2. The van der Waals surface area contributed by atoms with Gasteiger partial charge in [0.1, 0.15) is 17.4 Å². The number of amides is 1. The van der Waals surface area contributed by atoms with Crippen LogP contribution in [0.1, 0.15) is 24.0 Å². The number of aromatic nitrogens is 1. The number of hydrogen-bond acceptors (Lipinski definition) is 6. The van der Waals surface area contributed by atoms with Crippen LogP contribution in [-0.2, 0) is 27.4 Å². The molecule has 0 spiro atoms. The number of ether oxygens (including phenoxy) is 2. The summed E-state index contributed by atoms with van der Waals surface area (Å²) in [5, 5.41) is 6.00. The molecule has 25 heavy (non-hydrogen) atoms. The Morgan fingerprint density at radius 2 is 2.04 bits per heavy atom. The van der Waals surface area contributed by atoms with Crippen molar-refractivity contribution in [1.82, 2.24) is 10.3 Å². The number of nitrogens with one attached hydrogen (secondary N) is 1. The molecule has 0 aliphatic heterocycles. The Balaban J connectivity index is 1.79. The standard InChI is InChI=1S/C17H19ClN2O4S/c1-11(7-17(22)23-2)19-15(21)8-13-10-25-16(20-13)9-24-14-5-3-12(18)4-6-14/h3-6,10-11H,7-9H2,1-2H3,(H,19,21). The van der Waals surface area contributed by atoms with Crippen LogP contribution in [-0.4, -0.2) is 30.0 Å². The van der Waals surface area contributed by atoms with Gasteiger partial charge in [0.2, 0.25) is 5.91 Å². The van der Waals surface area contributed by atoms with Crippen molar-refractivity contribution in [3.8, 4) is 5.75 Å². The van der Waals surface area contributed by atoms with Crippen molar-refractivity contribution in [2.75, 3.05) is 7.11 Å². The first-order chi connectivity index (χ1) is 12.0. The Kier molecular flexibility index (Phi) is 7.21. The van der Waals surface area contributed by atoms with Gasteiger partial charge in [-0.05, 0) is 31.2 Å². The van der Waals surface area contributed by atoms with E-state index in [1.54, 1.807) is 31.2 Å². The zero-order valence-corrected chi connectivity index (χ0v) is 15.5. The van der Waals surface area contributed by atoms with E-state index in [0.29, 0.717) is 23.1 Å². The number of nitrogens with zero attached hydrogens (tertiary/aromatic N) is 1. The molecule has 0 bridgehead atoms. The minimum Gasteiger partial charge on any atom is -0.486 e. The summed E-state index contributed by atoms with van der Waals surface area (Å²) in [6.07, 6.45) is 0.294. The second kappa shape index (κ2) is 9.39. The quantitative estimate of drug-likeness (QED) is 0.710. The molecule has 0 aliphatic rings. The van der Waals surface area contributed by atoms with E-state index in [1.807, 2.05) is 5.38 Å². The van der Waals surface area contributed by atoms with Gasteiger partial charge in [-0.25, -0.2) is 4.98 Å². The molecule has 0 saturated carbocycles. The molecule has 0 aliphatic carbocycles. The van der Waals surface area contributed by atoms with E-state index < -0.39 is 0 Å². The molecule has 1 atom stereocenters. The molecule has 8 heteroatoms. The molecule has 134 valence electrons. The Morgan fingerprint density at radius 1 is 1.32 bits per heavy atom. The van der Waals surface area contributed by atoms with Crippen LogP contribution in [0.15, 0.2) is 29.6 Å². The molecule has 6 nitrogen and oxygen atoms in total. The molecule has 0 saturated heterocycles. The van der Waals surface area contributed by atoms with Crippen molar-refractivity contribution in [1.29, 1.82) is 0 Å². The Bertz CT molecular complexity index is 718. The number of benzene rings is 1. The van der Waals surface area contributed by atoms with Crippen molar-refractivity contribution in [2.24, 2.45) is 0 Å². The smallest absolute Gasteiger partial charge is 0.307 e. The molecular weight excluding hydrogens is 364 g/mol. The largest absolute Gasteiger partial charge is 0.486 e. The summed E-state index contributed by atoms with van der Waals surface area (Å²) < 4.78 is 10.2. The van der Waals surface area contributed by atoms with Crippen molar-refractivity contribution in [3.05, 3.63) is 45.4 Å². The van der Waals surface area contributed by atoms with Crippen LogP contribution in [0.5, 0.6) is 5.75 Å². The average Bonchev–Trinajstić information content (AvgIpc) is 3.01. The van der Waals surface area contributed by atoms with Crippen molar-refractivity contribution in [2.45, 2.75) is 32.4 Å². The molecule has 0 radical (unpaired) electrons. The maximum Gasteiger partial charge on any atom is 0.307 e. The molecule has 0 fully saturated rings. The van der Waals surface area contributed by atoms with Gasteiger partial charge in [-0.2, -0.15) is 0 Å². The number of thiazole rings is 1. The van der Waals surface area contributed by atoms with E-state index >= 15 is 0 Å². The van der Waals surface area contributed by atoms with E-state index in [9.17, 15) is 9.59 Å². The fourth-order valence-corrected chi connectivity index (χ4v) is 2.88. The summed E-state index contributed by atoms with van der Waals surface area (Å²) in [6, 6.07) is 6.79. The lowest BCUT2D eigenvalue weighted by atomic mass is 10.2. The molecule has 1 aromatic carbocycles. The van der Waals surface area contributed by atoms with Crippen molar-refractivity contribution in [3.63, 3.8) is 0 Å². The van der Waals surface area contributed by atoms with Crippen molar-refractivity contribution >= 4 is 34.8 Å². The molecule has 2 rings (SSSR count). The third-order valence-electron chi connectivity index (χ3n) is 3.22. The Hall–Kier alpha value is -2.12. The summed E-state index contributed by atoms with van der Waals surface area (Å²) in [6.45, 7) is 2.08. The fraction of sp³-hybridized carbons (Fsp3) is 0.353. The average molecular weight is 383 g/mol. The van der Waals surface area contributed by atoms with Crippen LogP contribution in [0.4, 0.5) is 0 Å². The number of hydrogen-bond donors (Lipinski definition) is 1. The van der Waals surface area contributed by atoms with Crippen LogP contribution < -0.4 is 10.1 Å². The van der Waals surface area contributed by atoms with E-state index in [0.717, 1.165) is 5.01 Å². The van der Waals surface area contributed by atoms with E-state index in [2.05, 4.69) is 15.0 Å². The first-order valence-corrected chi connectivity index (χ1v) is 8.90. The maximum absolute atomic E-state index is 12.0. The minimum absolute atomic E-state index is 0.138. The third-order valence-corrected chi connectivity index (χ3v) is 4.35. The highest BCUT2D eigenvalue weighted by Crippen LogP contribution is 2.18. The van der Waals surface area contributed by atoms with Crippen LogP contribution in [0.3, 0.4) is 0 Å². The monoisotopic (exact) mass is 382 g/mol. The maximum atomic E-state index is 12.0. The first-order valence-electron chi connectivity index (χ1n) is 7.64. The number of rotatable bonds is 8. The number of carbonyl (C=O) groups excluding carboxylic acids is 2.